The minimum absolute atomic E-state index is 0.243. The molecule has 2 atom stereocenters. The number of ether oxygens (including phenoxy) is 2. The minimum atomic E-state index is -0.991. The van der Waals surface area contributed by atoms with Crippen LogP contribution in [-0.4, -0.2) is 53.0 Å². The maximum absolute atomic E-state index is 11.9. The largest absolute Gasteiger partial charge is 0.479 e. The number of rotatable bonds is 3. The molecule has 0 aromatic rings. The second kappa shape index (κ2) is 6.23. The summed E-state index contributed by atoms with van der Waals surface area (Å²) >= 11 is 0. The van der Waals surface area contributed by atoms with Crippen molar-refractivity contribution in [2.75, 3.05) is 13.1 Å². The molecule has 0 radical (unpaired) electrons. The summed E-state index contributed by atoms with van der Waals surface area (Å²) in [6.45, 7) is 7.94. The van der Waals surface area contributed by atoms with Gasteiger partial charge in [-0.05, 0) is 40.5 Å². The third-order valence-corrected chi connectivity index (χ3v) is 2.77. The Bertz CT molecular complexity index is 336. The van der Waals surface area contributed by atoms with E-state index in [0.29, 0.717) is 13.1 Å². The van der Waals surface area contributed by atoms with Crippen LogP contribution >= 0.6 is 0 Å². The Kier molecular flexibility index (Phi) is 5.17. The van der Waals surface area contributed by atoms with Gasteiger partial charge in [0.2, 0.25) is 0 Å². The summed E-state index contributed by atoms with van der Waals surface area (Å²) in [6, 6.07) is 0. The number of amides is 1. The molecule has 0 spiro atoms. The lowest BCUT2D eigenvalue weighted by molar-refractivity contribution is -0.154. The molecule has 1 N–H and O–H groups in total. The lowest BCUT2D eigenvalue weighted by atomic mass is 10.1. The van der Waals surface area contributed by atoms with Crippen LogP contribution in [0.3, 0.4) is 0 Å². The zero-order chi connectivity index (χ0) is 14.6. The van der Waals surface area contributed by atoms with Gasteiger partial charge in [-0.3, -0.25) is 0 Å². The highest BCUT2D eigenvalue weighted by Gasteiger charge is 2.29. The standard InChI is InChI=1S/C13H23NO5/c1-9(11(15)16)18-10-6-5-7-14(8-10)12(17)19-13(2,3)4/h9-10H,5-8H2,1-4H3,(H,15,16). The molecule has 1 saturated heterocycles. The van der Waals surface area contributed by atoms with E-state index in [-0.39, 0.29) is 12.2 Å². The Balaban J connectivity index is 2.50. The first-order chi connectivity index (χ1) is 8.69. The molecule has 6 nitrogen and oxygen atoms in total. The van der Waals surface area contributed by atoms with Gasteiger partial charge in [0, 0.05) is 6.54 Å². The maximum atomic E-state index is 11.9. The van der Waals surface area contributed by atoms with Crippen molar-refractivity contribution in [3.05, 3.63) is 0 Å². The van der Waals surface area contributed by atoms with Crippen LogP contribution in [0.5, 0.6) is 0 Å². The van der Waals surface area contributed by atoms with Crippen LogP contribution in [0.25, 0.3) is 0 Å². The first-order valence-electron chi connectivity index (χ1n) is 6.55. The summed E-state index contributed by atoms with van der Waals surface area (Å²) in [7, 11) is 0. The average molecular weight is 273 g/mol. The van der Waals surface area contributed by atoms with Crippen molar-refractivity contribution in [3.63, 3.8) is 0 Å². The maximum Gasteiger partial charge on any atom is 0.410 e. The fraction of sp³-hybridized carbons (Fsp3) is 0.846. The lowest BCUT2D eigenvalue weighted by Gasteiger charge is -2.34. The van der Waals surface area contributed by atoms with Gasteiger partial charge in [0.25, 0.3) is 0 Å². The number of carboxylic acid groups (broad SMARTS) is 1. The lowest BCUT2D eigenvalue weighted by Crippen LogP contribution is -2.46. The van der Waals surface area contributed by atoms with E-state index in [0.717, 1.165) is 12.8 Å². The van der Waals surface area contributed by atoms with E-state index in [9.17, 15) is 9.59 Å². The summed E-state index contributed by atoms with van der Waals surface area (Å²) in [5, 5.41) is 8.81. The van der Waals surface area contributed by atoms with Crippen LogP contribution in [0.4, 0.5) is 4.79 Å². The molecule has 0 saturated carbocycles. The van der Waals surface area contributed by atoms with Crippen molar-refractivity contribution in [3.8, 4) is 0 Å². The van der Waals surface area contributed by atoms with Crippen molar-refractivity contribution in [2.24, 2.45) is 0 Å². The van der Waals surface area contributed by atoms with Crippen molar-refractivity contribution in [1.82, 2.24) is 4.90 Å². The van der Waals surface area contributed by atoms with Gasteiger partial charge in [-0.2, -0.15) is 0 Å². The van der Waals surface area contributed by atoms with E-state index in [2.05, 4.69) is 0 Å². The summed E-state index contributed by atoms with van der Waals surface area (Å²) in [5.41, 5.74) is -0.529. The van der Waals surface area contributed by atoms with Crippen LogP contribution in [0.2, 0.25) is 0 Å². The van der Waals surface area contributed by atoms with E-state index < -0.39 is 17.7 Å². The predicted molar refractivity (Wildman–Crippen MR) is 69.0 cm³/mol. The zero-order valence-electron chi connectivity index (χ0n) is 12.0. The Labute approximate surface area is 113 Å². The fourth-order valence-corrected chi connectivity index (χ4v) is 1.89. The smallest absolute Gasteiger partial charge is 0.410 e. The molecular formula is C13H23NO5. The Morgan fingerprint density at radius 1 is 1.37 bits per heavy atom. The molecule has 0 bridgehead atoms. The molecule has 1 fully saturated rings. The molecule has 1 aliphatic heterocycles. The Morgan fingerprint density at radius 2 is 2.00 bits per heavy atom. The first kappa shape index (κ1) is 15.8. The van der Waals surface area contributed by atoms with Gasteiger partial charge in [-0.25, -0.2) is 9.59 Å². The monoisotopic (exact) mass is 273 g/mol. The van der Waals surface area contributed by atoms with Crippen molar-refractivity contribution < 1.29 is 24.2 Å². The predicted octanol–water partition coefficient (Wildman–Crippen LogP) is 1.88. The molecule has 1 amide bonds. The minimum Gasteiger partial charge on any atom is -0.479 e. The molecule has 1 rings (SSSR count). The van der Waals surface area contributed by atoms with Gasteiger partial charge in [-0.1, -0.05) is 0 Å². The topological polar surface area (TPSA) is 76.1 Å². The SMILES string of the molecule is CC(OC1CCCN(C(=O)OC(C)(C)C)C1)C(=O)O. The van der Waals surface area contributed by atoms with E-state index >= 15 is 0 Å². The number of carboxylic acids is 1. The molecule has 2 unspecified atom stereocenters. The first-order valence-corrected chi connectivity index (χ1v) is 6.55. The van der Waals surface area contributed by atoms with Gasteiger partial charge in [0.1, 0.15) is 5.60 Å². The van der Waals surface area contributed by atoms with Gasteiger partial charge in [-0.15, -0.1) is 0 Å². The Hall–Kier alpha value is -1.30. The van der Waals surface area contributed by atoms with Gasteiger partial charge >= 0.3 is 12.1 Å². The van der Waals surface area contributed by atoms with E-state index in [1.165, 1.54) is 6.92 Å². The summed E-state index contributed by atoms with van der Waals surface area (Å²) in [4.78, 5) is 24.2. The van der Waals surface area contributed by atoms with Crippen LogP contribution in [0, 0.1) is 0 Å². The fourth-order valence-electron chi connectivity index (χ4n) is 1.89. The van der Waals surface area contributed by atoms with Crippen molar-refractivity contribution in [2.45, 2.75) is 58.3 Å². The molecule has 6 heteroatoms. The normalized spacial score (nSPS) is 21.9. The molecular weight excluding hydrogens is 250 g/mol. The molecule has 0 aromatic heterocycles. The average Bonchev–Trinajstić information content (AvgIpc) is 2.27. The number of hydrogen-bond donors (Lipinski definition) is 1. The summed E-state index contributed by atoms with van der Waals surface area (Å²) in [6.07, 6.45) is 0.0763. The second-order valence-electron chi connectivity index (χ2n) is 5.81. The number of nitrogens with zero attached hydrogens (tertiary/aromatic N) is 1. The van der Waals surface area contributed by atoms with Crippen molar-refractivity contribution in [1.29, 1.82) is 0 Å². The van der Waals surface area contributed by atoms with Crippen LogP contribution in [0.1, 0.15) is 40.5 Å². The molecule has 19 heavy (non-hydrogen) atoms. The zero-order valence-corrected chi connectivity index (χ0v) is 12.0. The molecule has 0 aliphatic carbocycles. The van der Waals surface area contributed by atoms with E-state index in [1.54, 1.807) is 4.90 Å². The molecule has 110 valence electrons. The summed E-state index contributed by atoms with van der Waals surface area (Å²) < 4.78 is 10.7. The highest BCUT2D eigenvalue weighted by molar-refractivity contribution is 5.71. The number of carbonyl (C=O) groups is 2. The number of piperidine rings is 1. The Morgan fingerprint density at radius 3 is 2.53 bits per heavy atom. The number of likely N-dealkylation sites (tertiary alicyclic amines) is 1. The van der Waals surface area contributed by atoms with Crippen LogP contribution in [0.15, 0.2) is 0 Å². The quantitative estimate of drug-likeness (QED) is 0.849. The van der Waals surface area contributed by atoms with Crippen molar-refractivity contribution >= 4 is 12.1 Å². The van der Waals surface area contributed by atoms with Crippen LogP contribution in [-0.2, 0) is 14.3 Å². The highest BCUT2D eigenvalue weighted by Crippen LogP contribution is 2.18. The number of aliphatic carboxylic acids is 1. The third kappa shape index (κ3) is 5.46. The number of carbonyl (C=O) groups excluding carboxylic acids is 1. The number of hydrogen-bond acceptors (Lipinski definition) is 4. The van der Waals surface area contributed by atoms with Gasteiger partial charge < -0.3 is 19.5 Å². The molecule has 1 heterocycles. The molecule has 1 aliphatic rings. The van der Waals surface area contributed by atoms with Crippen LogP contribution < -0.4 is 0 Å². The van der Waals surface area contributed by atoms with E-state index in [1.807, 2.05) is 20.8 Å². The summed E-state index contributed by atoms with van der Waals surface area (Å²) in [5.74, 6) is -0.991. The third-order valence-electron chi connectivity index (χ3n) is 2.77. The second-order valence-corrected chi connectivity index (χ2v) is 5.81. The molecule has 0 aromatic carbocycles. The van der Waals surface area contributed by atoms with Gasteiger partial charge in [0.15, 0.2) is 6.10 Å². The van der Waals surface area contributed by atoms with Gasteiger partial charge in [0.05, 0.1) is 12.6 Å². The van der Waals surface area contributed by atoms with E-state index in [4.69, 9.17) is 14.6 Å². The highest BCUT2D eigenvalue weighted by atomic mass is 16.6.